The Balaban J connectivity index is 1.59. The Morgan fingerprint density at radius 3 is 2.64 bits per heavy atom. The van der Waals surface area contributed by atoms with Crippen molar-refractivity contribution in [1.29, 1.82) is 0 Å². The predicted octanol–water partition coefficient (Wildman–Crippen LogP) is 4.49. The summed E-state index contributed by atoms with van der Waals surface area (Å²) in [6, 6.07) is 11.4. The molecule has 0 fully saturated rings. The van der Waals surface area contributed by atoms with E-state index in [1.54, 1.807) is 31.4 Å². The summed E-state index contributed by atoms with van der Waals surface area (Å²) in [7, 11) is 1.54. The highest BCUT2D eigenvalue weighted by Gasteiger charge is 2.30. The van der Waals surface area contributed by atoms with Gasteiger partial charge in [0, 0.05) is 11.3 Å². The van der Waals surface area contributed by atoms with E-state index in [-0.39, 0.29) is 28.3 Å². The van der Waals surface area contributed by atoms with Gasteiger partial charge in [0.25, 0.3) is 5.22 Å². The lowest BCUT2D eigenvalue weighted by atomic mass is 10.1. The summed E-state index contributed by atoms with van der Waals surface area (Å²) in [5.41, 5.74) is -0.0300. The zero-order valence-corrected chi connectivity index (χ0v) is 15.3. The molecular formula is C18H14F3N3O3S. The zero-order chi connectivity index (χ0) is 20.1. The molecule has 10 heteroatoms. The second-order valence-electron chi connectivity index (χ2n) is 5.53. The topological polar surface area (TPSA) is 77.2 Å². The molecule has 0 aliphatic heterocycles. The number of amides is 1. The third kappa shape index (κ3) is 5.03. The molecule has 3 aromatic rings. The van der Waals surface area contributed by atoms with Gasteiger partial charge in [0.1, 0.15) is 5.75 Å². The van der Waals surface area contributed by atoms with Crippen LogP contribution in [-0.4, -0.2) is 28.9 Å². The van der Waals surface area contributed by atoms with Crippen molar-refractivity contribution >= 4 is 23.4 Å². The molecule has 1 N–H and O–H groups in total. The molecular weight excluding hydrogens is 395 g/mol. The Kier molecular flexibility index (Phi) is 5.88. The fourth-order valence-electron chi connectivity index (χ4n) is 2.22. The van der Waals surface area contributed by atoms with Crippen LogP contribution in [0.5, 0.6) is 5.75 Å². The number of anilines is 1. The van der Waals surface area contributed by atoms with Crippen molar-refractivity contribution in [2.75, 3.05) is 18.2 Å². The maximum atomic E-state index is 12.8. The van der Waals surface area contributed by atoms with E-state index in [0.717, 1.165) is 23.9 Å². The van der Waals surface area contributed by atoms with E-state index in [0.29, 0.717) is 11.4 Å². The molecule has 2 aromatic carbocycles. The second kappa shape index (κ2) is 8.34. The number of halogens is 3. The number of nitrogens with one attached hydrogen (secondary N) is 1. The molecule has 0 bridgehead atoms. The summed E-state index contributed by atoms with van der Waals surface area (Å²) < 4.78 is 48.4. The number of methoxy groups -OCH3 is 1. The third-order valence-electron chi connectivity index (χ3n) is 3.56. The van der Waals surface area contributed by atoms with Crippen LogP contribution in [0.15, 0.2) is 58.3 Å². The number of ether oxygens (including phenoxy) is 1. The summed E-state index contributed by atoms with van der Waals surface area (Å²) in [4.78, 5) is 16.0. The number of carbonyl (C=O) groups is 1. The first-order valence-corrected chi connectivity index (χ1v) is 8.92. The zero-order valence-electron chi connectivity index (χ0n) is 14.5. The van der Waals surface area contributed by atoms with Crippen molar-refractivity contribution in [1.82, 2.24) is 10.1 Å². The number of benzene rings is 2. The van der Waals surface area contributed by atoms with Gasteiger partial charge in [-0.25, -0.2) is 0 Å². The van der Waals surface area contributed by atoms with Gasteiger partial charge < -0.3 is 14.6 Å². The van der Waals surface area contributed by atoms with Gasteiger partial charge in [-0.15, -0.1) is 0 Å². The van der Waals surface area contributed by atoms with E-state index in [9.17, 15) is 18.0 Å². The Hall–Kier alpha value is -3.01. The van der Waals surface area contributed by atoms with Crippen LogP contribution in [0, 0.1) is 0 Å². The molecule has 0 saturated heterocycles. The minimum atomic E-state index is -4.46. The summed E-state index contributed by atoms with van der Waals surface area (Å²) in [5.74, 6) is 0.384. The number of hydrogen-bond donors (Lipinski definition) is 1. The number of nitrogens with zero attached hydrogens (tertiary/aromatic N) is 2. The van der Waals surface area contributed by atoms with E-state index in [4.69, 9.17) is 9.26 Å². The Bertz CT molecular complexity index is 958. The second-order valence-corrected chi connectivity index (χ2v) is 6.45. The van der Waals surface area contributed by atoms with E-state index >= 15 is 0 Å². The maximum Gasteiger partial charge on any atom is 0.416 e. The van der Waals surface area contributed by atoms with Crippen molar-refractivity contribution in [3.05, 3.63) is 54.1 Å². The first-order valence-electron chi connectivity index (χ1n) is 7.93. The molecule has 0 aliphatic carbocycles. The number of hydrogen-bond acceptors (Lipinski definition) is 6. The van der Waals surface area contributed by atoms with Gasteiger partial charge in [0.05, 0.1) is 18.4 Å². The minimum absolute atomic E-state index is 0.00372. The van der Waals surface area contributed by atoms with E-state index in [1.807, 2.05) is 0 Å². The fraction of sp³-hybridized carbons (Fsp3) is 0.167. The van der Waals surface area contributed by atoms with Gasteiger partial charge in [-0.3, -0.25) is 4.79 Å². The molecule has 1 amide bonds. The maximum absolute atomic E-state index is 12.8. The SMILES string of the molecule is COc1ccc(NC(=O)CSc2nc(-c3cccc(C(F)(F)F)c3)no2)cc1. The molecule has 28 heavy (non-hydrogen) atoms. The van der Waals surface area contributed by atoms with Crippen molar-refractivity contribution in [3.63, 3.8) is 0 Å². The normalized spacial score (nSPS) is 11.3. The van der Waals surface area contributed by atoms with Crippen LogP contribution in [-0.2, 0) is 11.0 Å². The smallest absolute Gasteiger partial charge is 0.416 e. The molecule has 1 aromatic heterocycles. The summed E-state index contributed by atoms with van der Waals surface area (Å²) in [5, 5.41) is 6.45. The van der Waals surface area contributed by atoms with Gasteiger partial charge in [-0.05, 0) is 36.4 Å². The molecule has 146 valence electrons. The average molecular weight is 409 g/mol. The first-order chi connectivity index (χ1) is 13.3. The molecule has 0 radical (unpaired) electrons. The lowest BCUT2D eigenvalue weighted by Gasteiger charge is -2.06. The Labute approximate surface area is 162 Å². The van der Waals surface area contributed by atoms with Crippen LogP contribution in [0.25, 0.3) is 11.4 Å². The van der Waals surface area contributed by atoms with Gasteiger partial charge in [-0.1, -0.05) is 29.1 Å². The fourth-order valence-corrected chi connectivity index (χ4v) is 2.79. The van der Waals surface area contributed by atoms with Gasteiger partial charge >= 0.3 is 6.18 Å². The highest BCUT2D eigenvalue weighted by atomic mass is 32.2. The standard InChI is InChI=1S/C18H14F3N3O3S/c1-26-14-7-5-13(6-8-14)22-15(25)10-28-17-23-16(24-27-17)11-3-2-4-12(9-11)18(19,20)21/h2-9H,10H2,1H3,(H,22,25). The summed E-state index contributed by atoms with van der Waals surface area (Å²) in [6.45, 7) is 0. The molecule has 1 heterocycles. The number of alkyl halides is 3. The monoisotopic (exact) mass is 409 g/mol. The summed E-state index contributed by atoms with van der Waals surface area (Å²) >= 11 is 0.981. The van der Waals surface area contributed by atoms with E-state index < -0.39 is 11.7 Å². The molecule has 0 saturated carbocycles. The van der Waals surface area contributed by atoms with Gasteiger partial charge in [-0.2, -0.15) is 18.2 Å². The quantitative estimate of drug-likeness (QED) is 0.605. The van der Waals surface area contributed by atoms with Crippen molar-refractivity contribution < 1.29 is 27.2 Å². The molecule has 0 unspecified atom stereocenters. The van der Waals surface area contributed by atoms with Crippen molar-refractivity contribution in [2.45, 2.75) is 11.4 Å². The molecule has 0 aliphatic rings. The number of aromatic nitrogens is 2. The Morgan fingerprint density at radius 1 is 1.21 bits per heavy atom. The van der Waals surface area contributed by atoms with Crippen LogP contribution >= 0.6 is 11.8 Å². The predicted molar refractivity (Wildman–Crippen MR) is 97.1 cm³/mol. The van der Waals surface area contributed by atoms with E-state index in [2.05, 4.69) is 15.5 Å². The van der Waals surface area contributed by atoms with Crippen LogP contribution < -0.4 is 10.1 Å². The van der Waals surface area contributed by atoms with Crippen LogP contribution in [0.1, 0.15) is 5.56 Å². The van der Waals surface area contributed by atoms with Gasteiger partial charge in [0.15, 0.2) is 0 Å². The molecule has 6 nitrogen and oxygen atoms in total. The van der Waals surface area contributed by atoms with Crippen LogP contribution in [0.4, 0.5) is 18.9 Å². The lowest BCUT2D eigenvalue weighted by Crippen LogP contribution is -2.13. The van der Waals surface area contributed by atoms with Crippen molar-refractivity contribution in [2.24, 2.45) is 0 Å². The lowest BCUT2D eigenvalue weighted by molar-refractivity contribution is -0.137. The molecule has 0 atom stereocenters. The first kappa shape index (κ1) is 19.7. The average Bonchev–Trinajstić information content (AvgIpc) is 3.16. The van der Waals surface area contributed by atoms with Crippen LogP contribution in [0.3, 0.4) is 0 Å². The Morgan fingerprint density at radius 2 is 1.96 bits per heavy atom. The third-order valence-corrected chi connectivity index (χ3v) is 4.38. The van der Waals surface area contributed by atoms with Crippen LogP contribution in [0.2, 0.25) is 0 Å². The largest absolute Gasteiger partial charge is 0.497 e. The molecule has 3 rings (SSSR count). The number of carbonyl (C=O) groups excluding carboxylic acids is 1. The number of thioether (sulfide) groups is 1. The minimum Gasteiger partial charge on any atom is -0.497 e. The highest BCUT2D eigenvalue weighted by molar-refractivity contribution is 7.99. The van der Waals surface area contributed by atoms with E-state index in [1.165, 1.54) is 12.1 Å². The highest BCUT2D eigenvalue weighted by Crippen LogP contribution is 2.32. The molecule has 0 spiro atoms. The van der Waals surface area contributed by atoms with Gasteiger partial charge in [0.2, 0.25) is 11.7 Å². The van der Waals surface area contributed by atoms with Crippen molar-refractivity contribution in [3.8, 4) is 17.1 Å². The number of rotatable bonds is 6. The summed E-state index contributed by atoms with van der Waals surface area (Å²) in [6.07, 6.45) is -4.46.